The molecule has 0 unspecified atom stereocenters. The second-order valence-corrected chi connectivity index (χ2v) is 4.99. The first kappa shape index (κ1) is 12.3. The van der Waals surface area contributed by atoms with E-state index in [1.54, 1.807) is 0 Å². The standard InChI is InChI=1S/C10H11ClN4OS/c1-16-9-7(6-12)8(11)13-10(14-9)15-2-4-17-5-3-15/h2-5H2,1H3. The molecule has 0 aliphatic carbocycles. The Labute approximate surface area is 109 Å². The summed E-state index contributed by atoms with van der Waals surface area (Å²) in [6.07, 6.45) is 0. The number of methoxy groups -OCH3 is 1. The molecule has 90 valence electrons. The van der Waals surface area contributed by atoms with Crippen LogP contribution in [0.4, 0.5) is 5.95 Å². The molecule has 0 radical (unpaired) electrons. The summed E-state index contributed by atoms with van der Waals surface area (Å²) in [5.74, 6) is 2.86. The van der Waals surface area contributed by atoms with Crippen LogP contribution in [0.25, 0.3) is 0 Å². The lowest BCUT2D eigenvalue weighted by Gasteiger charge is -2.26. The van der Waals surface area contributed by atoms with Crippen LogP contribution in [-0.2, 0) is 0 Å². The van der Waals surface area contributed by atoms with Crippen molar-refractivity contribution in [2.24, 2.45) is 0 Å². The molecule has 0 atom stereocenters. The highest BCUT2D eigenvalue weighted by atomic mass is 35.5. The summed E-state index contributed by atoms with van der Waals surface area (Å²) < 4.78 is 5.06. The topological polar surface area (TPSA) is 62.0 Å². The summed E-state index contributed by atoms with van der Waals surface area (Å²) in [4.78, 5) is 10.4. The van der Waals surface area contributed by atoms with Crippen LogP contribution in [-0.4, -0.2) is 41.7 Å². The highest BCUT2D eigenvalue weighted by Crippen LogP contribution is 2.26. The van der Waals surface area contributed by atoms with Gasteiger partial charge in [-0.25, -0.2) is 0 Å². The number of rotatable bonds is 2. The molecular formula is C10H11ClN4OS. The maximum atomic E-state index is 8.92. The molecule has 0 spiro atoms. The van der Waals surface area contributed by atoms with Crippen molar-refractivity contribution < 1.29 is 4.74 Å². The third-order valence-corrected chi connectivity index (χ3v) is 3.63. The minimum Gasteiger partial charge on any atom is -0.480 e. The van der Waals surface area contributed by atoms with Crippen molar-refractivity contribution in [3.8, 4) is 11.9 Å². The van der Waals surface area contributed by atoms with E-state index < -0.39 is 0 Å². The molecule has 1 fully saturated rings. The van der Waals surface area contributed by atoms with Crippen LogP contribution in [0.3, 0.4) is 0 Å². The summed E-state index contributed by atoms with van der Waals surface area (Å²) in [5.41, 5.74) is 0.185. The zero-order chi connectivity index (χ0) is 12.3. The Hall–Kier alpha value is -1.19. The number of hydrogen-bond acceptors (Lipinski definition) is 6. The number of thioether (sulfide) groups is 1. The van der Waals surface area contributed by atoms with Crippen molar-refractivity contribution in [3.63, 3.8) is 0 Å². The van der Waals surface area contributed by atoms with E-state index in [0.717, 1.165) is 24.6 Å². The minimum absolute atomic E-state index is 0.146. The summed E-state index contributed by atoms with van der Waals surface area (Å²) in [6, 6.07) is 1.94. The molecule has 2 rings (SSSR count). The third-order valence-electron chi connectivity index (χ3n) is 2.42. The van der Waals surface area contributed by atoms with Gasteiger partial charge in [-0.2, -0.15) is 27.0 Å². The molecule has 1 saturated heterocycles. The number of halogens is 1. The quantitative estimate of drug-likeness (QED) is 0.760. The second kappa shape index (κ2) is 5.43. The minimum atomic E-state index is 0.146. The predicted molar refractivity (Wildman–Crippen MR) is 67.8 cm³/mol. The van der Waals surface area contributed by atoms with E-state index >= 15 is 0 Å². The smallest absolute Gasteiger partial charge is 0.237 e. The molecular weight excluding hydrogens is 260 g/mol. The lowest BCUT2D eigenvalue weighted by molar-refractivity contribution is 0.395. The SMILES string of the molecule is COc1nc(N2CCSCC2)nc(Cl)c1C#N. The van der Waals surface area contributed by atoms with Gasteiger partial charge in [-0.3, -0.25) is 0 Å². The van der Waals surface area contributed by atoms with E-state index in [0.29, 0.717) is 5.95 Å². The average Bonchev–Trinajstić information content (AvgIpc) is 2.38. The molecule has 0 N–H and O–H groups in total. The highest BCUT2D eigenvalue weighted by molar-refractivity contribution is 7.99. The van der Waals surface area contributed by atoms with Crippen LogP contribution in [0, 0.1) is 11.3 Å². The molecule has 2 heterocycles. The highest BCUT2D eigenvalue weighted by Gasteiger charge is 2.19. The monoisotopic (exact) mass is 270 g/mol. The number of anilines is 1. The van der Waals surface area contributed by atoms with Crippen molar-refractivity contribution in [1.82, 2.24) is 9.97 Å². The second-order valence-electron chi connectivity index (χ2n) is 3.41. The Bertz CT molecular complexity index is 456. The zero-order valence-corrected chi connectivity index (χ0v) is 10.9. The van der Waals surface area contributed by atoms with Gasteiger partial charge in [0.2, 0.25) is 11.8 Å². The van der Waals surface area contributed by atoms with Gasteiger partial charge in [0.05, 0.1) is 7.11 Å². The van der Waals surface area contributed by atoms with Crippen LogP contribution in [0.1, 0.15) is 5.56 Å². The molecule has 17 heavy (non-hydrogen) atoms. The largest absolute Gasteiger partial charge is 0.480 e. The molecule has 0 aromatic carbocycles. The Balaban J connectivity index is 2.35. The normalized spacial score (nSPS) is 15.5. The predicted octanol–water partition coefficient (Wildman–Crippen LogP) is 1.56. The summed E-state index contributed by atoms with van der Waals surface area (Å²) >= 11 is 7.85. The molecule has 5 nitrogen and oxygen atoms in total. The van der Waals surface area contributed by atoms with Gasteiger partial charge in [0, 0.05) is 24.6 Å². The third kappa shape index (κ3) is 2.56. The molecule has 0 bridgehead atoms. The number of aromatic nitrogens is 2. The molecule has 1 aliphatic heterocycles. The zero-order valence-electron chi connectivity index (χ0n) is 9.31. The van der Waals surface area contributed by atoms with Crippen molar-refractivity contribution in [2.45, 2.75) is 0 Å². The first-order valence-electron chi connectivity index (χ1n) is 5.10. The molecule has 1 aromatic rings. The fourth-order valence-corrected chi connectivity index (χ4v) is 2.65. The fourth-order valence-electron chi connectivity index (χ4n) is 1.55. The van der Waals surface area contributed by atoms with Crippen LogP contribution >= 0.6 is 23.4 Å². The summed E-state index contributed by atoms with van der Waals surface area (Å²) in [7, 11) is 1.47. The van der Waals surface area contributed by atoms with E-state index in [4.69, 9.17) is 21.6 Å². The Morgan fingerprint density at radius 2 is 2.12 bits per heavy atom. The van der Waals surface area contributed by atoms with Crippen molar-refractivity contribution in [2.75, 3.05) is 36.6 Å². The Morgan fingerprint density at radius 1 is 1.41 bits per heavy atom. The van der Waals surface area contributed by atoms with Gasteiger partial charge in [0.15, 0.2) is 10.7 Å². The van der Waals surface area contributed by atoms with Crippen molar-refractivity contribution >= 4 is 29.3 Å². The summed E-state index contributed by atoms with van der Waals surface area (Å²) in [5, 5.41) is 9.07. The maximum absolute atomic E-state index is 8.92. The van der Waals surface area contributed by atoms with E-state index in [-0.39, 0.29) is 16.6 Å². The van der Waals surface area contributed by atoms with E-state index in [1.807, 2.05) is 22.7 Å². The molecule has 1 aliphatic rings. The van der Waals surface area contributed by atoms with Gasteiger partial charge in [0.1, 0.15) is 6.07 Å². The van der Waals surface area contributed by atoms with Gasteiger partial charge < -0.3 is 9.64 Å². The first-order valence-corrected chi connectivity index (χ1v) is 6.64. The number of hydrogen-bond donors (Lipinski definition) is 0. The van der Waals surface area contributed by atoms with E-state index in [9.17, 15) is 0 Å². The Morgan fingerprint density at radius 3 is 2.71 bits per heavy atom. The maximum Gasteiger partial charge on any atom is 0.237 e. The van der Waals surface area contributed by atoms with Gasteiger partial charge in [-0.1, -0.05) is 11.6 Å². The van der Waals surface area contributed by atoms with E-state index in [2.05, 4.69) is 9.97 Å². The number of nitriles is 1. The number of ether oxygens (including phenoxy) is 1. The van der Waals surface area contributed by atoms with Crippen LogP contribution < -0.4 is 9.64 Å². The van der Waals surface area contributed by atoms with Gasteiger partial charge in [-0.15, -0.1) is 0 Å². The lowest BCUT2D eigenvalue weighted by Crippen LogP contribution is -2.34. The molecule has 1 aromatic heterocycles. The fraction of sp³-hybridized carbons (Fsp3) is 0.500. The average molecular weight is 271 g/mol. The van der Waals surface area contributed by atoms with Gasteiger partial charge >= 0.3 is 0 Å². The van der Waals surface area contributed by atoms with Crippen molar-refractivity contribution in [3.05, 3.63) is 10.7 Å². The van der Waals surface area contributed by atoms with Gasteiger partial charge in [0.25, 0.3) is 0 Å². The van der Waals surface area contributed by atoms with Crippen molar-refractivity contribution in [1.29, 1.82) is 5.26 Å². The van der Waals surface area contributed by atoms with E-state index in [1.165, 1.54) is 7.11 Å². The lowest BCUT2D eigenvalue weighted by atomic mass is 10.3. The molecule has 0 saturated carbocycles. The number of nitrogens with zero attached hydrogens (tertiary/aromatic N) is 4. The molecule has 0 amide bonds. The van der Waals surface area contributed by atoms with Crippen LogP contribution in [0.5, 0.6) is 5.88 Å². The van der Waals surface area contributed by atoms with Crippen LogP contribution in [0.15, 0.2) is 0 Å². The Kier molecular flexibility index (Phi) is 3.92. The molecule has 7 heteroatoms. The van der Waals surface area contributed by atoms with Gasteiger partial charge in [-0.05, 0) is 0 Å². The van der Waals surface area contributed by atoms with Crippen LogP contribution in [0.2, 0.25) is 5.15 Å². The summed E-state index contributed by atoms with van der Waals surface area (Å²) in [6.45, 7) is 1.77. The first-order chi connectivity index (χ1) is 8.26.